The van der Waals surface area contributed by atoms with E-state index in [-0.39, 0.29) is 5.91 Å². The van der Waals surface area contributed by atoms with E-state index >= 15 is 0 Å². The second kappa shape index (κ2) is 10.5. The largest absolute Gasteiger partial charge is 0.366 e. The maximum atomic E-state index is 13.4. The molecule has 1 aromatic carbocycles. The molecule has 186 valence electrons. The summed E-state index contributed by atoms with van der Waals surface area (Å²) in [6.45, 7) is 5.92. The molecule has 0 bridgehead atoms. The molecule has 2 N–H and O–H groups in total. The molecule has 0 aliphatic carbocycles. The van der Waals surface area contributed by atoms with Crippen LogP contribution in [-0.2, 0) is 17.9 Å². The molecule has 0 spiro atoms. The molecule has 0 radical (unpaired) electrons. The lowest BCUT2D eigenvalue weighted by atomic mass is 10.2. The molecule has 0 saturated carbocycles. The van der Waals surface area contributed by atoms with Crippen molar-refractivity contribution < 1.29 is 13.6 Å². The van der Waals surface area contributed by atoms with E-state index in [1.54, 1.807) is 19.2 Å². The molecular weight excluding hydrogens is 484 g/mol. The number of fused-ring (bicyclic) bond motifs is 1. The molecule has 3 aromatic heterocycles. The van der Waals surface area contributed by atoms with Crippen molar-refractivity contribution >= 4 is 44.4 Å². The molecule has 0 unspecified atom stereocenters. The topological polar surface area (TPSA) is 86.3 Å². The standard InChI is InChI=1S/C25H25F2N7OS/c1-16(35)34-10-8-33(9-11-34)15-18-6-7-28-23(13-18)32-25-30-21-4-5-22(31-24(21)36-25)29-14-17-2-3-19(26)20(27)12-17/h2-7,12-13H,8-11,14-15H2,1H3,(H,29,31)(H,28,30,32). The van der Waals surface area contributed by atoms with Crippen LogP contribution in [-0.4, -0.2) is 56.8 Å². The summed E-state index contributed by atoms with van der Waals surface area (Å²) in [5.41, 5.74) is 2.50. The highest BCUT2D eigenvalue weighted by Gasteiger charge is 2.18. The number of carbonyl (C=O) groups excluding carboxylic acids is 1. The van der Waals surface area contributed by atoms with Gasteiger partial charge in [-0.05, 0) is 47.5 Å². The highest BCUT2D eigenvalue weighted by atomic mass is 32.1. The maximum absolute atomic E-state index is 13.4. The first-order chi connectivity index (χ1) is 17.4. The van der Waals surface area contributed by atoms with Crippen molar-refractivity contribution in [2.75, 3.05) is 36.8 Å². The molecule has 36 heavy (non-hydrogen) atoms. The van der Waals surface area contributed by atoms with Crippen LogP contribution in [0.5, 0.6) is 0 Å². The smallest absolute Gasteiger partial charge is 0.219 e. The fourth-order valence-electron chi connectivity index (χ4n) is 4.04. The Morgan fingerprint density at radius 1 is 0.972 bits per heavy atom. The zero-order valence-corrected chi connectivity index (χ0v) is 20.5. The van der Waals surface area contributed by atoms with Gasteiger partial charge in [0.25, 0.3) is 0 Å². The lowest BCUT2D eigenvalue weighted by Crippen LogP contribution is -2.47. The van der Waals surface area contributed by atoms with Crippen molar-refractivity contribution in [2.45, 2.75) is 20.0 Å². The Balaban J connectivity index is 1.21. The average Bonchev–Trinajstić information content (AvgIpc) is 3.27. The molecule has 4 heterocycles. The number of aromatic nitrogens is 3. The lowest BCUT2D eigenvalue weighted by molar-refractivity contribution is -0.130. The number of anilines is 3. The Morgan fingerprint density at radius 2 is 1.81 bits per heavy atom. The van der Waals surface area contributed by atoms with Crippen LogP contribution >= 0.6 is 11.3 Å². The van der Waals surface area contributed by atoms with Gasteiger partial charge in [-0.1, -0.05) is 17.4 Å². The first kappa shape index (κ1) is 24.0. The molecule has 0 atom stereocenters. The number of nitrogens with zero attached hydrogens (tertiary/aromatic N) is 5. The predicted octanol–water partition coefficient (Wildman–Crippen LogP) is 4.38. The summed E-state index contributed by atoms with van der Waals surface area (Å²) in [6.07, 6.45) is 1.77. The van der Waals surface area contributed by atoms with Gasteiger partial charge < -0.3 is 15.5 Å². The van der Waals surface area contributed by atoms with Crippen LogP contribution in [0.4, 0.5) is 25.5 Å². The van der Waals surface area contributed by atoms with Crippen LogP contribution in [0.15, 0.2) is 48.7 Å². The number of nitrogens with one attached hydrogen (secondary N) is 2. The molecular formula is C25H25F2N7OS. The van der Waals surface area contributed by atoms with Gasteiger partial charge in [0.15, 0.2) is 16.8 Å². The van der Waals surface area contributed by atoms with E-state index in [1.165, 1.54) is 23.5 Å². The van der Waals surface area contributed by atoms with E-state index < -0.39 is 11.6 Å². The highest BCUT2D eigenvalue weighted by Crippen LogP contribution is 2.28. The van der Waals surface area contributed by atoms with E-state index in [4.69, 9.17) is 0 Å². The third-order valence-corrected chi connectivity index (χ3v) is 6.88. The molecule has 1 saturated heterocycles. The third-order valence-electron chi connectivity index (χ3n) is 6.00. The minimum atomic E-state index is -0.871. The number of thiazole rings is 1. The molecule has 8 nitrogen and oxygen atoms in total. The van der Waals surface area contributed by atoms with Gasteiger partial charge in [-0.3, -0.25) is 9.69 Å². The normalized spacial score (nSPS) is 14.2. The Kier molecular flexibility index (Phi) is 7.01. The Labute approximate surface area is 211 Å². The Hall–Kier alpha value is -3.70. The summed E-state index contributed by atoms with van der Waals surface area (Å²) < 4.78 is 26.5. The van der Waals surface area contributed by atoms with Crippen molar-refractivity contribution in [3.63, 3.8) is 0 Å². The number of benzene rings is 1. The SMILES string of the molecule is CC(=O)N1CCN(Cc2ccnc(Nc3nc4ccc(NCc5ccc(F)c(F)c5)nc4s3)c2)CC1. The van der Waals surface area contributed by atoms with Gasteiger partial charge >= 0.3 is 0 Å². The highest BCUT2D eigenvalue weighted by molar-refractivity contribution is 7.21. The van der Waals surface area contributed by atoms with E-state index in [1.807, 2.05) is 23.1 Å². The average molecular weight is 510 g/mol. The van der Waals surface area contributed by atoms with Crippen LogP contribution in [0.3, 0.4) is 0 Å². The number of pyridine rings is 2. The van der Waals surface area contributed by atoms with Gasteiger partial charge in [0.2, 0.25) is 5.91 Å². The molecule has 1 aliphatic rings. The predicted molar refractivity (Wildman–Crippen MR) is 136 cm³/mol. The van der Waals surface area contributed by atoms with Crippen LogP contribution in [0.25, 0.3) is 10.3 Å². The molecule has 11 heteroatoms. The van der Waals surface area contributed by atoms with Gasteiger partial charge in [0, 0.05) is 52.4 Å². The molecule has 1 fully saturated rings. The van der Waals surface area contributed by atoms with Gasteiger partial charge in [0.05, 0.1) is 0 Å². The molecule has 5 rings (SSSR count). The number of amides is 1. The monoisotopic (exact) mass is 509 g/mol. The molecule has 4 aromatic rings. The van der Waals surface area contributed by atoms with E-state index in [2.05, 4.69) is 30.5 Å². The zero-order valence-electron chi connectivity index (χ0n) is 19.7. The van der Waals surface area contributed by atoms with Gasteiger partial charge in [-0.25, -0.2) is 23.7 Å². The minimum absolute atomic E-state index is 0.126. The summed E-state index contributed by atoms with van der Waals surface area (Å²) in [6, 6.07) is 11.5. The number of piperazine rings is 1. The fraction of sp³-hybridized carbons (Fsp3) is 0.280. The van der Waals surface area contributed by atoms with Crippen molar-refractivity contribution in [2.24, 2.45) is 0 Å². The summed E-state index contributed by atoms with van der Waals surface area (Å²) in [5, 5.41) is 7.08. The fourth-order valence-corrected chi connectivity index (χ4v) is 4.89. The van der Waals surface area contributed by atoms with Gasteiger partial charge in [0.1, 0.15) is 22.0 Å². The van der Waals surface area contributed by atoms with Crippen LogP contribution < -0.4 is 10.6 Å². The zero-order chi connectivity index (χ0) is 25.1. The van der Waals surface area contributed by atoms with Gasteiger partial charge in [-0.15, -0.1) is 0 Å². The molecule has 1 aliphatic heterocycles. The maximum Gasteiger partial charge on any atom is 0.219 e. The Bertz CT molecular complexity index is 1390. The van der Waals surface area contributed by atoms with Crippen molar-refractivity contribution in [1.29, 1.82) is 0 Å². The van der Waals surface area contributed by atoms with E-state index in [0.29, 0.717) is 28.9 Å². The lowest BCUT2D eigenvalue weighted by Gasteiger charge is -2.34. The number of hydrogen-bond donors (Lipinski definition) is 2. The van der Waals surface area contributed by atoms with Crippen molar-refractivity contribution in [1.82, 2.24) is 24.8 Å². The number of halogens is 2. The van der Waals surface area contributed by atoms with Crippen LogP contribution in [0.2, 0.25) is 0 Å². The van der Waals surface area contributed by atoms with Gasteiger partial charge in [-0.2, -0.15) is 0 Å². The second-order valence-electron chi connectivity index (χ2n) is 8.60. The minimum Gasteiger partial charge on any atom is -0.366 e. The summed E-state index contributed by atoms with van der Waals surface area (Å²) in [4.78, 5) is 30.1. The second-order valence-corrected chi connectivity index (χ2v) is 9.58. The van der Waals surface area contributed by atoms with Crippen LogP contribution in [0.1, 0.15) is 18.1 Å². The number of hydrogen-bond acceptors (Lipinski definition) is 8. The van der Waals surface area contributed by atoms with E-state index in [0.717, 1.165) is 54.7 Å². The summed E-state index contributed by atoms with van der Waals surface area (Å²) >= 11 is 1.41. The summed E-state index contributed by atoms with van der Waals surface area (Å²) in [5.74, 6) is -0.292. The first-order valence-electron chi connectivity index (χ1n) is 11.6. The Morgan fingerprint density at radius 3 is 2.58 bits per heavy atom. The third kappa shape index (κ3) is 5.74. The molecule has 1 amide bonds. The van der Waals surface area contributed by atoms with Crippen LogP contribution in [0, 0.1) is 11.6 Å². The summed E-state index contributed by atoms with van der Waals surface area (Å²) in [7, 11) is 0. The van der Waals surface area contributed by atoms with Crippen molar-refractivity contribution in [3.8, 4) is 0 Å². The quantitative estimate of drug-likeness (QED) is 0.382. The van der Waals surface area contributed by atoms with Crippen molar-refractivity contribution in [3.05, 3.63) is 71.4 Å². The first-order valence-corrected chi connectivity index (χ1v) is 12.4. The number of rotatable bonds is 7. The number of carbonyl (C=O) groups is 1. The van der Waals surface area contributed by atoms with E-state index in [9.17, 15) is 13.6 Å².